The Kier molecular flexibility index (Phi) is 12.7. The fraction of sp³-hybridized carbons (Fsp3) is 0.371. The number of fused-ring (bicyclic) bond motifs is 2. The van der Waals surface area contributed by atoms with Gasteiger partial charge in [-0.3, -0.25) is 9.11 Å². The van der Waals surface area contributed by atoms with Crippen molar-refractivity contribution in [1.29, 1.82) is 0 Å². The van der Waals surface area contributed by atoms with Crippen molar-refractivity contribution in [2.45, 2.75) is 6.42 Å². The summed E-state index contributed by atoms with van der Waals surface area (Å²) < 4.78 is 86.0. The topological polar surface area (TPSA) is 196 Å². The smallest absolute Gasteiger partial charge is 0.261 e. The van der Waals surface area contributed by atoms with E-state index >= 15 is 0 Å². The molecule has 5 heterocycles. The first-order valence-electron chi connectivity index (χ1n) is 16.4. The average molecular weight is 775 g/mol. The lowest BCUT2D eigenvalue weighted by Gasteiger charge is -2.24. The van der Waals surface area contributed by atoms with Crippen molar-refractivity contribution in [2.75, 3.05) is 89.1 Å². The van der Waals surface area contributed by atoms with Crippen molar-refractivity contribution < 1.29 is 54.4 Å². The van der Waals surface area contributed by atoms with Gasteiger partial charge in [-0.2, -0.15) is 16.8 Å². The summed E-state index contributed by atoms with van der Waals surface area (Å²) in [6.07, 6.45) is 6.26. The van der Waals surface area contributed by atoms with Gasteiger partial charge in [0.15, 0.2) is 23.0 Å². The Morgan fingerprint density at radius 1 is 0.585 bits per heavy atom. The molecule has 0 bridgehead atoms. The minimum absolute atomic E-state index is 0.518. The zero-order valence-electron chi connectivity index (χ0n) is 29.7. The zero-order chi connectivity index (χ0) is 38.2. The van der Waals surface area contributed by atoms with Crippen LogP contribution in [0.15, 0.2) is 60.9 Å². The van der Waals surface area contributed by atoms with Gasteiger partial charge >= 0.3 is 0 Å². The lowest BCUT2D eigenvalue weighted by Crippen LogP contribution is -2.31. The molecule has 16 nitrogen and oxygen atoms in total. The van der Waals surface area contributed by atoms with Crippen LogP contribution in [-0.2, 0) is 20.2 Å². The van der Waals surface area contributed by atoms with Crippen molar-refractivity contribution in [3.63, 3.8) is 0 Å². The third kappa shape index (κ3) is 11.2. The zero-order valence-corrected chi connectivity index (χ0v) is 31.4. The summed E-state index contributed by atoms with van der Waals surface area (Å²) in [7, 11) is -4.05. The third-order valence-electron chi connectivity index (χ3n) is 7.96. The van der Waals surface area contributed by atoms with Gasteiger partial charge in [0.05, 0.1) is 26.7 Å². The van der Waals surface area contributed by atoms with E-state index in [0.717, 1.165) is 66.5 Å². The molecule has 0 radical (unpaired) electrons. The molecule has 0 atom stereocenters. The van der Waals surface area contributed by atoms with E-state index in [4.69, 9.17) is 47.5 Å². The van der Waals surface area contributed by atoms with Crippen molar-refractivity contribution in [1.82, 2.24) is 9.97 Å². The van der Waals surface area contributed by atoms with Crippen LogP contribution in [0.1, 0.15) is 6.42 Å². The quantitative estimate of drug-likeness (QED) is 0.266. The van der Waals surface area contributed by atoms with Gasteiger partial charge in [-0.1, -0.05) is 0 Å². The number of anilines is 2. The standard InChI is InChI=1S/C33H34N4O6.2CH4O3S/c1-38-26-16-24(18-28-32(26)42-14-12-40-28)22-4-6-30(34-20-22)36-8-3-9-37(11-10-36)31-7-5-23(21-35-31)25-17-27(39-2)33-29(19-25)41-13-15-43-33;2*1-5(2,3)4/h4-7,16-21H,3,8-15H2,1-2H3;2*1H3,(H,2,3,4). The molecule has 3 aliphatic rings. The van der Waals surface area contributed by atoms with E-state index in [1.165, 1.54) is 0 Å². The Hall–Kier alpha value is -5.04. The van der Waals surface area contributed by atoms with E-state index in [9.17, 15) is 16.8 Å². The molecular formula is C35H42N4O12S2. The van der Waals surface area contributed by atoms with Crippen LogP contribution >= 0.6 is 0 Å². The molecule has 0 aliphatic carbocycles. The van der Waals surface area contributed by atoms with Crippen LogP contribution in [0.3, 0.4) is 0 Å². The van der Waals surface area contributed by atoms with Crippen molar-refractivity contribution in [2.24, 2.45) is 0 Å². The van der Waals surface area contributed by atoms with Gasteiger partial charge in [0.2, 0.25) is 11.5 Å². The predicted octanol–water partition coefficient (Wildman–Crippen LogP) is 4.09. The van der Waals surface area contributed by atoms with Gasteiger partial charge < -0.3 is 38.2 Å². The molecule has 0 amide bonds. The minimum atomic E-state index is -3.67. The van der Waals surface area contributed by atoms with Gasteiger partial charge in [0.1, 0.15) is 38.1 Å². The van der Waals surface area contributed by atoms with Crippen LogP contribution < -0.4 is 38.2 Å². The molecule has 1 saturated heterocycles. The maximum atomic E-state index is 9.19. The van der Waals surface area contributed by atoms with Gasteiger partial charge in [-0.15, -0.1) is 0 Å². The number of ether oxygens (including phenoxy) is 6. The van der Waals surface area contributed by atoms with Crippen LogP contribution in [0.2, 0.25) is 0 Å². The minimum Gasteiger partial charge on any atom is -0.493 e. The summed E-state index contributed by atoms with van der Waals surface area (Å²) >= 11 is 0. The normalized spacial score (nSPS) is 15.1. The largest absolute Gasteiger partial charge is 0.493 e. The first-order chi connectivity index (χ1) is 25.2. The number of aromatic nitrogens is 2. The molecular weight excluding hydrogens is 733 g/mol. The molecule has 0 saturated carbocycles. The van der Waals surface area contributed by atoms with Crippen LogP contribution in [-0.4, -0.2) is 115 Å². The Morgan fingerprint density at radius 2 is 0.962 bits per heavy atom. The molecule has 53 heavy (non-hydrogen) atoms. The Labute approximate surface area is 308 Å². The van der Waals surface area contributed by atoms with Crippen LogP contribution in [0.5, 0.6) is 34.5 Å². The molecule has 2 N–H and O–H groups in total. The summed E-state index contributed by atoms with van der Waals surface area (Å²) in [5, 5.41) is 0. The predicted molar refractivity (Wildman–Crippen MR) is 198 cm³/mol. The highest BCUT2D eigenvalue weighted by atomic mass is 32.2. The number of methoxy groups -OCH3 is 2. The first-order valence-corrected chi connectivity index (χ1v) is 20.1. The Bertz CT molecular complexity index is 1880. The molecule has 2 aromatic carbocycles. The van der Waals surface area contributed by atoms with Gasteiger partial charge in [-0.25, -0.2) is 9.97 Å². The fourth-order valence-corrected chi connectivity index (χ4v) is 5.74. The molecule has 4 aromatic rings. The van der Waals surface area contributed by atoms with Gasteiger partial charge in [0.25, 0.3) is 20.2 Å². The SMILES string of the molecule is COc1cc(-c2ccc(N3CCCN(c4ccc(-c5cc(OC)c6c(c5)OCCO6)cn4)CC3)nc2)cc2c1OCCO2.CS(=O)(=O)O.CS(=O)(=O)O. The number of benzene rings is 2. The maximum absolute atomic E-state index is 9.19. The van der Waals surface area contributed by atoms with Crippen LogP contribution in [0.25, 0.3) is 22.3 Å². The highest BCUT2D eigenvalue weighted by Gasteiger charge is 2.22. The van der Waals surface area contributed by atoms with Crippen molar-refractivity contribution >= 4 is 31.9 Å². The second-order valence-electron chi connectivity index (χ2n) is 12.0. The number of rotatable bonds is 6. The molecule has 3 aliphatic heterocycles. The van der Waals surface area contributed by atoms with Gasteiger partial charge in [0, 0.05) is 49.7 Å². The van der Waals surface area contributed by atoms with E-state index in [1.54, 1.807) is 14.2 Å². The Balaban J connectivity index is 0.000000481. The highest BCUT2D eigenvalue weighted by Crippen LogP contribution is 2.44. The number of hydrogen-bond acceptors (Lipinski definition) is 14. The van der Waals surface area contributed by atoms with Crippen LogP contribution in [0.4, 0.5) is 11.6 Å². The van der Waals surface area contributed by atoms with E-state index in [1.807, 2.05) is 36.7 Å². The first kappa shape index (κ1) is 39.2. The summed E-state index contributed by atoms with van der Waals surface area (Å²) in [5.41, 5.74) is 3.95. The molecule has 2 aromatic heterocycles. The van der Waals surface area contributed by atoms with E-state index in [2.05, 4.69) is 34.1 Å². The van der Waals surface area contributed by atoms with Crippen LogP contribution in [0, 0.1) is 0 Å². The van der Waals surface area contributed by atoms with E-state index < -0.39 is 20.2 Å². The number of nitrogens with zero attached hydrogens (tertiary/aromatic N) is 4. The highest BCUT2D eigenvalue weighted by molar-refractivity contribution is 7.85. The van der Waals surface area contributed by atoms with E-state index in [-0.39, 0.29) is 0 Å². The molecule has 7 rings (SSSR count). The maximum Gasteiger partial charge on any atom is 0.261 e. The van der Waals surface area contributed by atoms with Crippen molar-refractivity contribution in [3.8, 4) is 56.8 Å². The molecule has 0 spiro atoms. The fourth-order valence-electron chi connectivity index (χ4n) is 5.74. The molecule has 18 heteroatoms. The summed E-state index contributed by atoms with van der Waals surface area (Å²) in [4.78, 5) is 14.3. The lowest BCUT2D eigenvalue weighted by molar-refractivity contribution is 0.165. The monoisotopic (exact) mass is 774 g/mol. The lowest BCUT2D eigenvalue weighted by atomic mass is 10.1. The van der Waals surface area contributed by atoms with E-state index in [0.29, 0.717) is 73.4 Å². The number of hydrogen-bond donors (Lipinski definition) is 2. The number of pyridine rings is 2. The molecule has 1 fully saturated rings. The second kappa shape index (κ2) is 17.2. The summed E-state index contributed by atoms with van der Waals surface area (Å²) in [6, 6.07) is 16.3. The second-order valence-corrected chi connectivity index (χ2v) is 14.9. The summed E-state index contributed by atoms with van der Waals surface area (Å²) in [5.74, 6) is 5.97. The molecule has 0 unspecified atom stereocenters. The van der Waals surface area contributed by atoms with Crippen molar-refractivity contribution in [3.05, 3.63) is 60.9 Å². The molecule has 286 valence electrons. The third-order valence-corrected chi connectivity index (χ3v) is 7.96. The van der Waals surface area contributed by atoms with Gasteiger partial charge in [-0.05, 0) is 66.1 Å². The Morgan fingerprint density at radius 3 is 1.30 bits per heavy atom. The average Bonchev–Trinajstić information content (AvgIpc) is 3.39. The summed E-state index contributed by atoms with van der Waals surface area (Å²) in [6.45, 7) is 5.65.